The van der Waals surface area contributed by atoms with E-state index in [1.165, 1.54) is 6.26 Å². The molecule has 0 fully saturated rings. The summed E-state index contributed by atoms with van der Waals surface area (Å²) in [5.74, 6) is 3.94. The molecule has 0 saturated heterocycles. The van der Waals surface area contributed by atoms with Crippen LogP contribution in [0.15, 0.2) is 47.3 Å². The highest BCUT2D eigenvalue weighted by Crippen LogP contribution is 2.29. The minimum absolute atomic E-state index is 0.0310. The molecule has 0 spiro atoms. The van der Waals surface area contributed by atoms with E-state index >= 15 is 0 Å². The van der Waals surface area contributed by atoms with Crippen molar-refractivity contribution in [1.82, 2.24) is 14.7 Å². The third-order valence-electron chi connectivity index (χ3n) is 3.99. The van der Waals surface area contributed by atoms with Gasteiger partial charge in [-0.1, -0.05) is 0 Å². The number of nitrogens with one attached hydrogen (secondary N) is 3. The highest BCUT2D eigenvalue weighted by molar-refractivity contribution is 7.98. The summed E-state index contributed by atoms with van der Waals surface area (Å²) in [6.07, 6.45) is 3.08. The van der Waals surface area contributed by atoms with Gasteiger partial charge in [-0.25, -0.2) is 9.19 Å². The van der Waals surface area contributed by atoms with Crippen molar-refractivity contribution in [1.29, 1.82) is 0 Å². The van der Waals surface area contributed by atoms with E-state index < -0.39 is 15.6 Å². The van der Waals surface area contributed by atoms with Crippen molar-refractivity contribution in [3.63, 3.8) is 0 Å². The molecule has 2 atom stereocenters. The summed E-state index contributed by atoms with van der Waals surface area (Å²) in [5, 5.41) is 19.7. The van der Waals surface area contributed by atoms with Crippen LogP contribution in [-0.2, 0) is 9.71 Å². The Morgan fingerprint density at radius 3 is 2.63 bits per heavy atom. The lowest BCUT2D eigenvalue weighted by Crippen LogP contribution is -2.29. The van der Waals surface area contributed by atoms with E-state index in [4.69, 9.17) is 0 Å². The molecule has 0 saturated carbocycles. The van der Waals surface area contributed by atoms with Gasteiger partial charge >= 0.3 is 0 Å². The fraction of sp³-hybridized carbons (Fsp3) is 0.200. The van der Waals surface area contributed by atoms with Gasteiger partial charge in [0.05, 0.1) is 6.61 Å². The Bertz CT molecular complexity index is 1110. The van der Waals surface area contributed by atoms with Gasteiger partial charge in [0.15, 0.2) is 0 Å². The third kappa shape index (κ3) is 5.78. The summed E-state index contributed by atoms with van der Waals surface area (Å²) >= 11 is 1.58. The Hall–Kier alpha value is -2.95. The summed E-state index contributed by atoms with van der Waals surface area (Å²) in [6, 6.07) is 8.43. The minimum atomic E-state index is -2.63. The van der Waals surface area contributed by atoms with E-state index in [-0.39, 0.29) is 12.6 Å². The van der Waals surface area contributed by atoms with Gasteiger partial charge in [-0.05, 0) is 59.4 Å². The quantitative estimate of drug-likeness (QED) is 0.394. The summed E-state index contributed by atoms with van der Waals surface area (Å²) < 4.78 is 14.0. The smallest absolute Gasteiger partial charge is 0.262 e. The van der Waals surface area contributed by atoms with Gasteiger partial charge < -0.3 is 15.7 Å². The molecule has 1 aromatic carbocycles. The number of thiophene rings is 1. The molecule has 3 aromatic rings. The zero-order chi connectivity index (χ0) is 21.7. The number of hydrogen-bond donors (Lipinski definition) is 4. The zero-order valence-corrected chi connectivity index (χ0v) is 18.2. The summed E-state index contributed by atoms with van der Waals surface area (Å²) in [5.41, 5.74) is 2.88. The van der Waals surface area contributed by atoms with Crippen LogP contribution in [0.5, 0.6) is 0 Å². The second-order valence-corrected chi connectivity index (χ2v) is 9.83. The summed E-state index contributed by atoms with van der Waals surface area (Å²) in [4.78, 5) is 21.0. The van der Waals surface area contributed by atoms with E-state index in [0.717, 1.165) is 11.1 Å². The number of carbonyl (C=O) groups excluding carboxylic acids is 1. The molecule has 0 bridgehead atoms. The predicted molar refractivity (Wildman–Crippen MR) is 124 cm³/mol. The molecule has 0 radical (unpaired) electrons. The maximum absolute atomic E-state index is 12.1. The van der Waals surface area contributed by atoms with Crippen LogP contribution in [0.1, 0.15) is 17.3 Å². The van der Waals surface area contributed by atoms with Crippen molar-refractivity contribution in [3.8, 4) is 11.1 Å². The molecule has 1 amide bonds. The molecule has 2 aromatic heterocycles. The third-order valence-corrected chi connectivity index (χ3v) is 5.29. The van der Waals surface area contributed by atoms with E-state index in [0.29, 0.717) is 23.0 Å². The molecule has 2 heterocycles. The Kier molecular flexibility index (Phi) is 6.70. The number of amides is 1. The van der Waals surface area contributed by atoms with Gasteiger partial charge in [0.2, 0.25) is 5.95 Å². The average molecular weight is 446 g/mol. The van der Waals surface area contributed by atoms with Crippen molar-refractivity contribution in [2.24, 2.45) is 0 Å². The molecule has 158 valence electrons. The van der Waals surface area contributed by atoms with Crippen molar-refractivity contribution < 1.29 is 14.1 Å². The van der Waals surface area contributed by atoms with Crippen LogP contribution in [0.2, 0.25) is 0 Å². The molecule has 30 heavy (non-hydrogen) atoms. The SMILES string of the molecule is C=S(C)(=O)NC(=O)c1ccc(Nc2ncc(-c3ccsc3)c(N[C@H](C)CO)n2)cc1. The first-order chi connectivity index (χ1) is 14.2. The Labute approximate surface area is 179 Å². The van der Waals surface area contributed by atoms with Crippen molar-refractivity contribution >= 4 is 50.3 Å². The fourth-order valence-corrected chi connectivity index (χ4v) is 3.72. The number of anilines is 3. The first-order valence-corrected chi connectivity index (χ1v) is 12.1. The first-order valence-electron chi connectivity index (χ1n) is 9.03. The Morgan fingerprint density at radius 1 is 1.30 bits per heavy atom. The largest absolute Gasteiger partial charge is 0.394 e. The molecule has 0 aliphatic rings. The maximum Gasteiger partial charge on any atom is 0.262 e. The van der Waals surface area contributed by atoms with Gasteiger partial charge in [0.1, 0.15) is 5.82 Å². The number of benzene rings is 1. The molecule has 10 heteroatoms. The van der Waals surface area contributed by atoms with Gasteiger partial charge in [-0.3, -0.25) is 9.52 Å². The Balaban J connectivity index is 1.81. The lowest BCUT2D eigenvalue weighted by atomic mass is 10.1. The van der Waals surface area contributed by atoms with Gasteiger partial charge in [-0.2, -0.15) is 16.3 Å². The molecule has 3 rings (SSSR count). The van der Waals surface area contributed by atoms with Crippen LogP contribution >= 0.6 is 11.3 Å². The highest BCUT2D eigenvalue weighted by Gasteiger charge is 2.13. The molecule has 1 unspecified atom stereocenters. The van der Waals surface area contributed by atoms with E-state index in [1.807, 2.05) is 23.8 Å². The minimum Gasteiger partial charge on any atom is -0.394 e. The Morgan fingerprint density at radius 2 is 2.03 bits per heavy atom. The standard InChI is InChI=1S/C20H23N5O3S2/c1-13(11-26)22-18-17(15-8-9-29-12-15)10-21-20(24-18)23-16-6-4-14(5-7-16)19(27)25-30(2,3)28/h4-10,12-13,26H,2,11H2,1,3H3,(H,25,27,28)(H2,21,22,23,24)/t13-,30?/m1/s1. The zero-order valence-electron chi connectivity index (χ0n) is 16.6. The van der Waals surface area contributed by atoms with Crippen LogP contribution in [0.3, 0.4) is 0 Å². The van der Waals surface area contributed by atoms with Crippen LogP contribution < -0.4 is 15.4 Å². The second-order valence-electron chi connectivity index (χ2n) is 6.83. The molecule has 0 aliphatic heterocycles. The highest BCUT2D eigenvalue weighted by atomic mass is 32.2. The number of nitrogens with zero attached hydrogens (tertiary/aromatic N) is 2. The van der Waals surface area contributed by atoms with E-state index in [2.05, 4.69) is 31.2 Å². The lowest BCUT2D eigenvalue weighted by molar-refractivity contribution is 0.0983. The van der Waals surface area contributed by atoms with Crippen LogP contribution in [-0.4, -0.2) is 50.0 Å². The average Bonchev–Trinajstić information content (AvgIpc) is 3.22. The number of rotatable bonds is 8. The summed E-state index contributed by atoms with van der Waals surface area (Å²) in [7, 11) is -2.63. The van der Waals surface area contributed by atoms with Gasteiger partial charge in [0.25, 0.3) is 5.91 Å². The van der Waals surface area contributed by atoms with Crippen LogP contribution in [0.4, 0.5) is 17.5 Å². The second kappa shape index (κ2) is 9.24. The summed E-state index contributed by atoms with van der Waals surface area (Å²) in [6.45, 7) is 1.83. The van der Waals surface area contributed by atoms with Crippen LogP contribution in [0.25, 0.3) is 11.1 Å². The van der Waals surface area contributed by atoms with E-state index in [1.54, 1.807) is 41.8 Å². The fourth-order valence-electron chi connectivity index (χ4n) is 2.55. The normalized spacial score (nSPS) is 13.8. The monoisotopic (exact) mass is 445 g/mol. The number of hydrogen-bond acceptors (Lipinski definition) is 8. The van der Waals surface area contributed by atoms with E-state index in [9.17, 15) is 14.1 Å². The number of aliphatic hydroxyl groups excluding tert-OH is 1. The predicted octanol–water partition coefficient (Wildman–Crippen LogP) is 2.73. The molecule has 4 N–H and O–H groups in total. The molecule has 8 nitrogen and oxygen atoms in total. The van der Waals surface area contributed by atoms with Crippen molar-refractivity contribution in [2.75, 3.05) is 23.5 Å². The maximum atomic E-state index is 12.1. The van der Waals surface area contributed by atoms with Gasteiger partial charge in [-0.15, -0.1) is 0 Å². The number of carbonyl (C=O) groups is 1. The van der Waals surface area contributed by atoms with Crippen molar-refractivity contribution in [2.45, 2.75) is 13.0 Å². The number of aromatic nitrogens is 2. The molecular formula is C20H23N5O3S2. The molecular weight excluding hydrogens is 422 g/mol. The topological polar surface area (TPSA) is 116 Å². The van der Waals surface area contributed by atoms with Crippen molar-refractivity contribution in [3.05, 3.63) is 52.9 Å². The van der Waals surface area contributed by atoms with Gasteiger partial charge in [0, 0.05) is 45.0 Å². The lowest BCUT2D eigenvalue weighted by Gasteiger charge is -2.16. The first kappa shape index (κ1) is 21.8. The van der Waals surface area contributed by atoms with Crippen LogP contribution in [0, 0.1) is 0 Å². The number of aliphatic hydroxyl groups is 1. The molecule has 0 aliphatic carbocycles.